The lowest BCUT2D eigenvalue weighted by Gasteiger charge is -2.22. The molecule has 2 rings (SSSR count). The van der Waals surface area contributed by atoms with Crippen molar-refractivity contribution >= 4 is 0 Å². The lowest BCUT2D eigenvalue weighted by Crippen LogP contribution is -2.33. The van der Waals surface area contributed by atoms with Crippen LogP contribution in [0.4, 0.5) is 0 Å². The molecule has 0 fully saturated rings. The molecule has 78 valence electrons. The molecular formula is C13H15NO. The van der Waals surface area contributed by atoms with Gasteiger partial charge in [-0.3, -0.25) is 0 Å². The van der Waals surface area contributed by atoms with Crippen LogP contribution in [0.1, 0.15) is 32.3 Å². The summed E-state index contributed by atoms with van der Waals surface area (Å²) in [5.74, 6) is 0.875. The van der Waals surface area contributed by atoms with Gasteiger partial charge in [0, 0.05) is 5.56 Å². The molecule has 1 heterocycles. The molecule has 15 heavy (non-hydrogen) atoms. The summed E-state index contributed by atoms with van der Waals surface area (Å²) >= 11 is 0. The largest absolute Gasteiger partial charge is 0.488 e. The zero-order valence-corrected chi connectivity index (χ0v) is 9.16. The highest BCUT2D eigenvalue weighted by atomic mass is 16.5. The first-order valence-electron chi connectivity index (χ1n) is 5.39. The van der Waals surface area contributed by atoms with Crippen molar-refractivity contribution in [3.8, 4) is 11.8 Å². The molecule has 0 saturated carbocycles. The van der Waals surface area contributed by atoms with Crippen LogP contribution >= 0.6 is 0 Å². The molecule has 1 aromatic rings. The second-order valence-corrected chi connectivity index (χ2v) is 4.21. The van der Waals surface area contributed by atoms with Crippen LogP contribution in [0.15, 0.2) is 24.3 Å². The Morgan fingerprint density at radius 3 is 2.87 bits per heavy atom. The zero-order chi connectivity index (χ0) is 10.9. The summed E-state index contributed by atoms with van der Waals surface area (Å²) < 4.78 is 5.83. The molecule has 0 bridgehead atoms. The van der Waals surface area contributed by atoms with E-state index in [0.29, 0.717) is 0 Å². The Morgan fingerprint density at radius 2 is 2.20 bits per heavy atom. The van der Waals surface area contributed by atoms with Gasteiger partial charge in [0.15, 0.2) is 0 Å². The Hall–Kier alpha value is -1.49. The van der Waals surface area contributed by atoms with Gasteiger partial charge in [-0.15, -0.1) is 0 Å². The van der Waals surface area contributed by atoms with Gasteiger partial charge in [-0.05, 0) is 19.4 Å². The summed E-state index contributed by atoms with van der Waals surface area (Å²) in [6.07, 6.45) is 1.97. The van der Waals surface area contributed by atoms with Gasteiger partial charge in [-0.2, -0.15) is 5.26 Å². The smallest absolute Gasteiger partial charge is 0.124 e. The van der Waals surface area contributed by atoms with Crippen LogP contribution in [0.2, 0.25) is 0 Å². The molecule has 0 amide bonds. The third kappa shape index (κ3) is 1.39. The quantitative estimate of drug-likeness (QED) is 0.736. The van der Waals surface area contributed by atoms with Crippen molar-refractivity contribution in [3.63, 3.8) is 0 Å². The van der Waals surface area contributed by atoms with E-state index in [1.807, 2.05) is 31.2 Å². The third-order valence-corrected chi connectivity index (χ3v) is 3.14. The summed E-state index contributed by atoms with van der Waals surface area (Å²) in [5, 5.41) is 9.34. The molecule has 0 radical (unpaired) electrons. The second kappa shape index (κ2) is 3.58. The van der Waals surface area contributed by atoms with Crippen molar-refractivity contribution in [1.29, 1.82) is 5.26 Å². The van der Waals surface area contributed by atoms with Gasteiger partial charge in [0.2, 0.25) is 0 Å². The topological polar surface area (TPSA) is 33.0 Å². The van der Waals surface area contributed by atoms with Crippen LogP contribution < -0.4 is 4.74 Å². The number of hydrogen-bond donors (Lipinski definition) is 0. The monoisotopic (exact) mass is 201 g/mol. The fourth-order valence-electron chi connectivity index (χ4n) is 2.19. The average Bonchev–Trinajstić information content (AvgIpc) is 2.55. The van der Waals surface area contributed by atoms with Crippen molar-refractivity contribution in [2.24, 2.45) is 0 Å². The minimum absolute atomic E-state index is 0.00454. The highest BCUT2D eigenvalue weighted by Gasteiger charge is 2.44. The van der Waals surface area contributed by atoms with Crippen LogP contribution in [-0.4, -0.2) is 6.10 Å². The minimum Gasteiger partial charge on any atom is -0.488 e. The first-order chi connectivity index (χ1) is 7.22. The highest BCUT2D eigenvalue weighted by molar-refractivity contribution is 5.48. The summed E-state index contributed by atoms with van der Waals surface area (Å²) in [7, 11) is 0. The van der Waals surface area contributed by atoms with Gasteiger partial charge >= 0.3 is 0 Å². The third-order valence-electron chi connectivity index (χ3n) is 3.14. The highest BCUT2D eigenvalue weighted by Crippen LogP contribution is 2.43. The molecule has 1 aliphatic heterocycles. The SMILES string of the molecule is CCC[C@@H]1Oc2ccccc2[C@]1(C)C#N. The van der Waals surface area contributed by atoms with Crippen molar-refractivity contribution in [2.75, 3.05) is 0 Å². The van der Waals surface area contributed by atoms with Crippen LogP contribution in [0.5, 0.6) is 5.75 Å². The van der Waals surface area contributed by atoms with E-state index in [1.165, 1.54) is 0 Å². The van der Waals surface area contributed by atoms with Gasteiger partial charge < -0.3 is 4.74 Å². The predicted octanol–water partition coefficient (Wildman–Crippen LogP) is 3.03. The molecule has 0 spiro atoms. The van der Waals surface area contributed by atoms with Crippen LogP contribution in [0.25, 0.3) is 0 Å². The van der Waals surface area contributed by atoms with Gasteiger partial charge in [-0.1, -0.05) is 31.5 Å². The molecule has 0 saturated heterocycles. The van der Waals surface area contributed by atoms with Crippen molar-refractivity contribution in [2.45, 2.75) is 38.2 Å². The van der Waals surface area contributed by atoms with E-state index < -0.39 is 5.41 Å². The molecule has 0 aliphatic carbocycles. The minimum atomic E-state index is -0.480. The molecule has 2 atom stereocenters. The average molecular weight is 201 g/mol. The van der Waals surface area contributed by atoms with Crippen LogP contribution in [0, 0.1) is 11.3 Å². The number of fused-ring (bicyclic) bond motifs is 1. The number of rotatable bonds is 2. The van der Waals surface area contributed by atoms with Crippen LogP contribution in [0.3, 0.4) is 0 Å². The molecule has 2 nitrogen and oxygen atoms in total. The van der Waals surface area contributed by atoms with E-state index in [9.17, 15) is 5.26 Å². The first-order valence-corrected chi connectivity index (χ1v) is 5.39. The lowest BCUT2D eigenvalue weighted by atomic mass is 9.79. The summed E-state index contributed by atoms with van der Waals surface area (Å²) in [4.78, 5) is 0. The fraction of sp³-hybridized carbons (Fsp3) is 0.462. The Labute approximate surface area is 90.5 Å². The molecule has 1 aliphatic rings. The Balaban J connectivity index is 2.44. The predicted molar refractivity (Wildman–Crippen MR) is 58.7 cm³/mol. The van der Waals surface area contributed by atoms with Gasteiger partial charge in [-0.25, -0.2) is 0 Å². The van der Waals surface area contributed by atoms with E-state index in [4.69, 9.17) is 4.74 Å². The second-order valence-electron chi connectivity index (χ2n) is 4.21. The Kier molecular flexibility index (Phi) is 2.40. The molecule has 0 aromatic heterocycles. The number of para-hydroxylation sites is 1. The van der Waals surface area contributed by atoms with E-state index in [0.717, 1.165) is 24.2 Å². The Morgan fingerprint density at radius 1 is 1.47 bits per heavy atom. The van der Waals surface area contributed by atoms with E-state index in [1.54, 1.807) is 0 Å². The molecule has 1 aromatic carbocycles. The Bertz CT molecular complexity index is 407. The lowest BCUT2D eigenvalue weighted by molar-refractivity contribution is 0.172. The number of benzene rings is 1. The molecule has 2 heteroatoms. The van der Waals surface area contributed by atoms with Crippen LogP contribution in [-0.2, 0) is 5.41 Å². The normalized spacial score (nSPS) is 27.9. The number of nitriles is 1. The zero-order valence-electron chi connectivity index (χ0n) is 9.16. The number of ether oxygens (including phenoxy) is 1. The van der Waals surface area contributed by atoms with Gasteiger partial charge in [0.05, 0.1) is 6.07 Å². The van der Waals surface area contributed by atoms with Crippen molar-refractivity contribution in [1.82, 2.24) is 0 Å². The summed E-state index contributed by atoms with van der Waals surface area (Å²) in [6.45, 7) is 4.09. The molecule has 0 unspecified atom stereocenters. The van der Waals surface area contributed by atoms with E-state index >= 15 is 0 Å². The van der Waals surface area contributed by atoms with Crippen molar-refractivity contribution < 1.29 is 4.74 Å². The number of hydrogen-bond acceptors (Lipinski definition) is 2. The summed E-state index contributed by atoms with van der Waals surface area (Å²) in [6, 6.07) is 10.3. The maximum atomic E-state index is 9.34. The van der Waals surface area contributed by atoms with Crippen molar-refractivity contribution in [3.05, 3.63) is 29.8 Å². The first kappa shape index (κ1) is 10.0. The van der Waals surface area contributed by atoms with E-state index in [-0.39, 0.29) is 6.10 Å². The maximum absolute atomic E-state index is 9.34. The number of nitrogens with zero attached hydrogens (tertiary/aromatic N) is 1. The van der Waals surface area contributed by atoms with Gasteiger partial charge in [0.1, 0.15) is 17.3 Å². The summed E-state index contributed by atoms with van der Waals surface area (Å²) in [5.41, 5.74) is 0.554. The molecule has 0 N–H and O–H groups in total. The maximum Gasteiger partial charge on any atom is 0.124 e. The van der Waals surface area contributed by atoms with Gasteiger partial charge in [0.25, 0.3) is 0 Å². The standard InChI is InChI=1S/C13H15NO/c1-3-6-12-13(2,9-14)10-7-4-5-8-11(10)15-12/h4-5,7-8,12H,3,6H2,1-2H3/t12-,13-/m0/s1. The fourth-order valence-corrected chi connectivity index (χ4v) is 2.19. The van der Waals surface area contributed by atoms with E-state index in [2.05, 4.69) is 13.0 Å². The molecular weight excluding hydrogens is 186 g/mol.